The second-order valence-corrected chi connectivity index (χ2v) is 8.82. The molecule has 1 aromatic rings. The van der Waals surface area contributed by atoms with Crippen molar-refractivity contribution in [3.8, 4) is 0 Å². The van der Waals surface area contributed by atoms with Crippen LogP contribution in [0.3, 0.4) is 0 Å². The number of hydrogen-bond donors (Lipinski definition) is 3. The van der Waals surface area contributed by atoms with Crippen molar-refractivity contribution < 1.29 is 14.7 Å². The maximum absolute atomic E-state index is 13.0. The van der Waals surface area contributed by atoms with Gasteiger partial charge in [-0.1, -0.05) is 0 Å². The van der Waals surface area contributed by atoms with Gasteiger partial charge in [-0.05, 0) is 56.4 Å². The van der Waals surface area contributed by atoms with E-state index >= 15 is 0 Å². The zero-order chi connectivity index (χ0) is 18.1. The molecule has 0 saturated heterocycles. The molecule has 4 bridgehead atoms. The monoisotopic (exact) mass is 356 g/mol. The molecule has 2 heterocycles. The van der Waals surface area contributed by atoms with Gasteiger partial charge in [0.15, 0.2) is 0 Å². The van der Waals surface area contributed by atoms with Crippen LogP contribution >= 0.6 is 0 Å². The number of nitrogens with zero attached hydrogens (tertiary/aromatic N) is 2. The third-order valence-corrected chi connectivity index (χ3v) is 6.68. The highest BCUT2D eigenvalue weighted by atomic mass is 16.3. The van der Waals surface area contributed by atoms with Crippen LogP contribution in [0, 0.1) is 11.8 Å². The van der Waals surface area contributed by atoms with Crippen molar-refractivity contribution in [3.63, 3.8) is 0 Å². The molecule has 1 aliphatic heterocycles. The Morgan fingerprint density at radius 2 is 2.08 bits per heavy atom. The number of nitrogens with one attached hydrogen (secondary N) is 2. The molecule has 0 aromatic carbocycles. The first-order valence-electron chi connectivity index (χ1n) is 9.40. The molecular weight excluding hydrogens is 332 g/mol. The van der Waals surface area contributed by atoms with E-state index in [1.54, 1.807) is 19.3 Å². The largest absolute Gasteiger partial charge is 0.390 e. The number of anilines is 2. The van der Waals surface area contributed by atoms with Gasteiger partial charge >= 0.3 is 0 Å². The van der Waals surface area contributed by atoms with E-state index in [2.05, 4.69) is 15.6 Å². The van der Waals surface area contributed by atoms with E-state index in [4.69, 9.17) is 0 Å². The van der Waals surface area contributed by atoms with Crippen molar-refractivity contribution in [2.75, 3.05) is 23.8 Å². The van der Waals surface area contributed by atoms with E-state index < -0.39 is 5.60 Å². The molecule has 4 saturated carbocycles. The highest BCUT2D eigenvalue weighted by Gasteiger charge is 2.57. The Bertz CT molecular complexity index is 794. The fourth-order valence-electron chi connectivity index (χ4n) is 6.05. The Balaban J connectivity index is 1.41. The molecule has 26 heavy (non-hydrogen) atoms. The quantitative estimate of drug-likeness (QED) is 0.742. The van der Waals surface area contributed by atoms with Crippen LogP contribution in [-0.2, 0) is 4.79 Å². The minimum atomic E-state index is -0.609. The fourth-order valence-corrected chi connectivity index (χ4v) is 6.05. The first-order chi connectivity index (χ1) is 12.3. The maximum Gasteiger partial charge on any atom is 0.253 e. The Morgan fingerprint density at radius 3 is 2.77 bits per heavy atom. The summed E-state index contributed by atoms with van der Waals surface area (Å²) in [5.74, 6) is 1.41. The van der Waals surface area contributed by atoms with Crippen LogP contribution in [0.25, 0.3) is 0 Å². The predicted molar refractivity (Wildman–Crippen MR) is 96.0 cm³/mol. The van der Waals surface area contributed by atoms with E-state index in [-0.39, 0.29) is 23.9 Å². The lowest BCUT2D eigenvalue weighted by molar-refractivity contribution is -0.139. The first kappa shape index (κ1) is 16.1. The summed E-state index contributed by atoms with van der Waals surface area (Å²) in [7, 11) is 1.69. The van der Waals surface area contributed by atoms with Crippen LogP contribution < -0.4 is 15.5 Å². The number of hydrogen-bond acceptors (Lipinski definition) is 5. The molecule has 2 atom stereocenters. The van der Waals surface area contributed by atoms with E-state index in [1.165, 1.54) is 11.3 Å². The minimum absolute atomic E-state index is 0.0554. The summed E-state index contributed by atoms with van der Waals surface area (Å²) >= 11 is 0. The molecule has 2 amide bonds. The molecule has 1 aromatic heterocycles. The molecule has 138 valence electrons. The number of amides is 2. The van der Waals surface area contributed by atoms with Gasteiger partial charge in [-0.3, -0.25) is 9.59 Å². The van der Waals surface area contributed by atoms with E-state index in [0.717, 1.165) is 25.7 Å². The average molecular weight is 356 g/mol. The second-order valence-electron chi connectivity index (χ2n) is 8.82. The van der Waals surface area contributed by atoms with Gasteiger partial charge in [0.25, 0.3) is 5.91 Å². The lowest BCUT2D eigenvalue weighted by atomic mass is 9.51. The van der Waals surface area contributed by atoms with Crippen molar-refractivity contribution >= 4 is 23.3 Å². The Morgan fingerprint density at radius 1 is 1.35 bits per heavy atom. The third kappa shape index (κ3) is 2.40. The summed E-state index contributed by atoms with van der Waals surface area (Å²) in [6.07, 6.45) is 7.04. The molecule has 0 radical (unpaired) electrons. The Kier molecular flexibility index (Phi) is 3.20. The topological polar surface area (TPSA) is 94.6 Å². The summed E-state index contributed by atoms with van der Waals surface area (Å²) in [4.78, 5) is 30.7. The maximum atomic E-state index is 13.0. The van der Waals surface area contributed by atoms with Crippen LogP contribution in [0.5, 0.6) is 0 Å². The smallest absolute Gasteiger partial charge is 0.253 e. The summed E-state index contributed by atoms with van der Waals surface area (Å²) < 4.78 is 0. The van der Waals surface area contributed by atoms with Crippen molar-refractivity contribution in [2.45, 2.75) is 49.7 Å². The highest BCUT2D eigenvalue weighted by Crippen LogP contribution is 2.57. The van der Waals surface area contributed by atoms with Crippen molar-refractivity contribution in [1.82, 2.24) is 10.3 Å². The molecule has 5 aliphatic rings. The van der Waals surface area contributed by atoms with Crippen LogP contribution in [0.1, 0.15) is 48.9 Å². The Hall–Kier alpha value is -2.15. The van der Waals surface area contributed by atoms with Gasteiger partial charge < -0.3 is 20.6 Å². The fraction of sp³-hybridized carbons (Fsp3) is 0.632. The predicted octanol–water partition coefficient (Wildman–Crippen LogP) is 1.28. The molecule has 0 spiro atoms. The zero-order valence-corrected chi connectivity index (χ0v) is 14.9. The van der Waals surface area contributed by atoms with Crippen molar-refractivity contribution in [1.29, 1.82) is 0 Å². The van der Waals surface area contributed by atoms with E-state index in [9.17, 15) is 14.7 Å². The number of aliphatic hydroxyl groups is 1. The first-order valence-corrected chi connectivity index (χ1v) is 9.40. The SMILES string of the molecule is CN1C(=O)CNc2ncc(C(=O)NC34CC5CC(CC(O)(C5)C3)C4)cc21. The van der Waals surface area contributed by atoms with Gasteiger partial charge in [0.05, 0.1) is 23.4 Å². The van der Waals surface area contributed by atoms with Gasteiger partial charge in [0.2, 0.25) is 5.91 Å². The molecule has 3 N–H and O–H groups in total. The van der Waals surface area contributed by atoms with Gasteiger partial charge in [-0.15, -0.1) is 0 Å². The van der Waals surface area contributed by atoms with Gasteiger partial charge in [-0.25, -0.2) is 4.98 Å². The standard InChI is InChI=1S/C19H24N4O3/c1-23-14-3-13(8-20-16(14)21-9-15(23)24)17(25)22-18-4-11-2-12(5-18)7-19(26,6-11)10-18/h3,8,11-12,26H,2,4-7,9-10H2,1H3,(H,20,21)(H,22,25). The van der Waals surface area contributed by atoms with Crippen LogP contribution in [-0.4, -0.2) is 46.6 Å². The highest BCUT2D eigenvalue weighted by molar-refractivity contribution is 6.03. The molecule has 7 heteroatoms. The molecule has 4 fully saturated rings. The summed E-state index contributed by atoms with van der Waals surface area (Å²) in [5.41, 5.74) is 0.168. The number of carbonyl (C=O) groups is 2. The number of rotatable bonds is 2. The Labute approximate surface area is 152 Å². The number of fused-ring (bicyclic) bond motifs is 1. The summed E-state index contributed by atoms with van der Waals surface area (Å²) in [5, 5.41) is 17.1. The molecule has 2 unspecified atom stereocenters. The van der Waals surface area contributed by atoms with Crippen LogP contribution in [0.2, 0.25) is 0 Å². The summed E-state index contributed by atoms with van der Waals surface area (Å²) in [6, 6.07) is 1.72. The number of likely N-dealkylation sites (N-methyl/N-ethyl adjacent to an activating group) is 1. The zero-order valence-electron chi connectivity index (χ0n) is 14.9. The molecular formula is C19H24N4O3. The number of carbonyl (C=O) groups excluding carboxylic acids is 2. The van der Waals surface area contributed by atoms with E-state index in [0.29, 0.717) is 35.3 Å². The van der Waals surface area contributed by atoms with E-state index in [1.807, 2.05) is 0 Å². The summed E-state index contributed by atoms with van der Waals surface area (Å²) in [6.45, 7) is 0.215. The van der Waals surface area contributed by atoms with Crippen molar-refractivity contribution in [3.05, 3.63) is 17.8 Å². The van der Waals surface area contributed by atoms with Crippen LogP contribution in [0.15, 0.2) is 12.3 Å². The van der Waals surface area contributed by atoms with Crippen LogP contribution in [0.4, 0.5) is 11.5 Å². The number of pyridine rings is 1. The van der Waals surface area contributed by atoms with Crippen molar-refractivity contribution in [2.24, 2.45) is 11.8 Å². The average Bonchev–Trinajstić information content (AvgIpc) is 2.55. The van der Waals surface area contributed by atoms with Gasteiger partial charge in [-0.2, -0.15) is 0 Å². The molecule has 4 aliphatic carbocycles. The minimum Gasteiger partial charge on any atom is -0.390 e. The lowest BCUT2D eigenvalue weighted by Crippen LogP contribution is -2.65. The third-order valence-electron chi connectivity index (χ3n) is 6.68. The van der Waals surface area contributed by atoms with Gasteiger partial charge in [0, 0.05) is 18.8 Å². The number of aromatic nitrogens is 1. The van der Waals surface area contributed by atoms with Gasteiger partial charge in [0.1, 0.15) is 5.82 Å². The molecule has 7 nitrogen and oxygen atoms in total. The molecule has 6 rings (SSSR count). The second kappa shape index (κ2) is 5.19. The lowest BCUT2D eigenvalue weighted by Gasteiger charge is -2.60. The normalized spacial score (nSPS) is 37.3.